The Labute approximate surface area is 174 Å². The van der Waals surface area contributed by atoms with E-state index in [0.29, 0.717) is 39.2 Å². The van der Waals surface area contributed by atoms with Crippen LogP contribution in [0, 0.1) is 12.3 Å². The summed E-state index contributed by atoms with van der Waals surface area (Å²) >= 11 is 0. The molecule has 2 fully saturated rings. The van der Waals surface area contributed by atoms with Crippen LogP contribution in [0.4, 0.5) is 0 Å². The van der Waals surface area contributed by atoms with Crippen molar-refractivity contribution in [1.29, 1.82) is 0 Å². The summed E-state index contributed by atoms with van der Waals surface area (Å²) in [6.07, 6.45) is 2.05. The number of piperazine rings is 1. The minimum atomic E-state index is -0.409. The molecule has 0 saturated carbocycles. The van der Waals surface area contributed by atoms with E-state index in [1.165, 1.54) is 0 Å². The second-order valence-electron chi connectivity index (χ2n) is 7.74. The molecule has 6 nitrogen and oxygen atoms in total. The number of hydrogen-bond donors (Lipinski definition) is 1. The van der Waals surface area contributed by atoms with Gasteiger partial charge in [0.15, 0.2) is 0 Å². The van der Waals surface area contributed by atoms with Crippen molar-refractivity contribution in [3.63, 3.8) is 0 Å². The van der Waals surface area contributed by atoms with Gasteiger partial charge in [-0.3, -0.25) is 9.59 Å². The topological polar surface area (TPSA) is 61.9 Å². The van der Waals surface area contributed by atoms with Crippen molar-refractivity contribution in [2.45, 2.75) is 26.2 Å². The molecule has 0 atom stereocenters. The van der Waals surface area contributed by atoms with E-state index < -0.39 is 5.41 Å². The third kappa shape index (κ3) is 5.04. The number of ether oxygens (including phenoxy) is 1. The van der Waals surface area contributed by atoms with Gasteiger partial charge in [-0.25, -0.2) is 0 Å². The van der Waals surface area contributed by atoms with Gasteiger partial charge in [-0.15, -0.1) is 12.4 Å². The second kappa shape index (κ2) is 10.2. The van der Waals surface area contributed by atoms with Crippen molar-refractivity contribution < 1.29 is 14.3 Å². The summed E-state index contributed by atoms with van der Waals surface area (Å²) in [6, 6.07) is 8.01. The quantitative estimate of drug-likeness (QED) is 0.803. The van der Waals surface area contributed by atoms with E-state index in [1.54, 1.807) is 7.11 Å². The molecule has 0 spiro atoms. The largest absolute Gasteiger partial charge is 0.384 e. The Bertz CT molecular complexity index is 663. The lowest BCUT2D eigenvalue weighted by Crippen LogP contribution is -2.57. The molecular weight excluding hydrogens is 378 g/mol. The monoisotopic (exact) mass is 409 g/mol. The molecule has 1 aromatic rings. The third-order valence-corrected chi connectivity index (χ3v) is 5.96. The molecule has 2 aliphatic rings. The first kappa shape index (κ1) is 22.7. The van der Waals surface area contributed by atoms with Gasteiger partial charge in [0.25, 0.3) is 0 Å². The van der Waals surface area contributed by atoms with Gasteiger partial charge in [0, 0.05) is 33.3 Å². The van der Waals surface area contributed by atoms with Crippen molar-refractivity contribution in [3.8, 4) is 0 Å². The maximum absolute atomic E-state index is 13.2. The molecule has 0 aliphatic carbocycles. The van der Waals surface area contributed by atoms with E-state index in [2.05, 4.69) is 5.32 Å². The summed E-state index contributed by atoms with van der Waals surface area (Å²) in [4.78, 5) is 29.7. The van der Waals surface area contributed by atoms with Gasteiger partial charge in [0.2, 0.25) is 11.8 Å². The number of benzene rings is 1. The number of methoxy groups -OCH3 is 1. The molecule has 2 aliphatic heterocycles. The number of nitrogens with one attached hydrogen (secondary N) is 1. The molecule has 1 N–H and O–H groups in total. The van der Waals surface area contributed by atoms with Crippen molar-refractivity contribution in [2.24, 2.45) is 5.41 Å². The molecule has 3 rings (SSSR count). The lowest BCUT2D eigenvalue weighted by molar-refractivity contribution is -0.151. The van der Waals surface area contributed by atoms with Crippen molar-refractivity contribution in [2.75, 3.05) is 53.0 Å². The first-order valence-electron chi connectivity index (χ1n) is 9.87. The summed E-state index contributed by atoms with van der Waals surface area (Å²) in [5.74, 6) is 0.335. The average Bonchev–Trinajstić information content (AvgIpc) is 2.70. The molecule has 7 heteroatoms. The van der Waals surface area contributed by atoms with Gasteiger partial charge in [0.05, 0.1) is 18.4 Å². The van der Waals surface area contributed by atoms with Crippen molar-refractivity contribution in [1.82, 2.24) is 15.1 Å². The maximum atomic E-state index is 13.2. The molecular formula is C21H32ClN3O3. The van der Waals surface area contributed by atoms with Gasteiger partial charge in [-0.2, -0.15) is 0 Å². The van der Waals surface area contributed by atoms with Crippen LogP contribution < -0.4 is 5.32 Å². The highest BCUT2D eigenvalue weighted by Gasteiger charge is 2.43. The normalized spacial score (nSPS) is 19.1. The summed E-state index contributed by atoms with van der Waals surface area (Å²) in [6.45, 7) is 6.64. The standard InChI is InChI=1S/C21H31N3O3.ClH/c1-17-5-3-4-6-18(17)15-19(25)23-11-13-24(14-12-23)20(26)21(16-27-2)7-9-22-10-8-21;/h3-6,22H,7-16H2,1-2H3;1H. The summed E-state index contributed by atoms with van der Waals surface area (Å²) < 4.78 is 5.39. The highest BCUT2D eigenvalue weighted by Crippen LogP contribution is 2.32. The minimum absolute atomic E-state index is 0. The van der Waals surface area contributed by atoms with E-state index in [-0.39, 0.29) is 24.2 Å². The van der Waals surface area contributed by atoms with Crippen LogP contribution in [-0.2, 0) is 20.7 Å². The number of piperidine rings is 1. The Morgan fingerprint density at radius 1 is 1.07 bits per heavy atom. The van der Waals surface area contributed by atoms with Gasteiger partial charge < -0.3 is 19.9 Å². The van der Waals surface area contributed by atoms with Gasteiger partial charge in [-0.1, -0.05) is 24.3 Å². The van der Waals surface area contributed by atoms with E-state index in [1.807, 2.05) is 41.0 Å². The molecule has 2 heterocycles. The maximum Gasteiger partial charge on any atom is 0.231 e. The van der Waals surface area contributed by atoms with Crippen LogP contribution >= 0.6 is 12.4 Å². The van der Waals surface area contributed by atoms with E-state index in [4.69, 9.17) is 4.74 Å². The number of aryl methyl sites for hydroxylation is 1. The molecule has 2 saturated heterocycles. The predicted molar refractivity (Wildman–Crippen MR) is 112 cm³/mol. The molecule has 0 aromatic heterocycles. The minimum Gasteiger partial charge on any atom is -0.384 e. The molecule has 0 unspecified atom stereocenters. The van der Waals surface area contributed by atoms with Gasteiger partial charge in [-0.05, 0) is 44.0 Å². The fraction of sp³-hybridized carbons (Fsp3) is 0.619. The smallest absolute Gasteiger partial charge is 0.231 e. The Hall–Kier alpha value is -1.63. The number of carbonyl (C=O) groups is 2. The first-order chi connectivity index (χ1) is 13.1. The fourth-order valence-corrected chi connectivity index (χ4v) is 4.18. The van der Waals surface area contributed by atoms with Crippen molar-refractivity contribution in [3.05, 3.63) is 35.4 Å². The van der Waals surface area contributed by atoms with Crippen molar-refractivity contribution >= 4 is 24.2 Å². The molecule has 0 radical (unpaired) electrons. The Balaban J connectivity index is 0.00000280. The molecule has 156 valence electrons. The number of nitrogens with zero attached hydrogens (tertiary/aromatic N) is 2. The van der Waals surface area contributed by atoms with Gasteiger partial charge in [0.1, 0.15) is 0 Å². The summed E-state index contributed by atoms with van der Waals surface area (Å²) in [5, 5.41) is 3.33. The SMILES string of the molecule is COCC1(C(=O)N2CCN(C(=O)Cc3ccccc3C)CC2)CCNCC1.Cl. The number of hydrogen-bond acceptors (Lipinski definition) is 4. The first-order valence-corrected chi connectivity index (χ1v) is 9.87. The van der Waals surface area contributed by atoms with Crippen LogP contribution in [0.25, 0.3) is 0 Å². The zero-order valence-electron chi connectivity index (χ0n) is 16.9. The lowest BCUT2D eigenvalue weighted by Gasteiger charge is -2.42. The average molecular weight is 410 g/mol. The zero-order valence-corrected chi connectivity index (χ0v) is 17.7. The molecule has 1 aromatic carbocycles. The molecule has 28 heavy (non-hydrogen) atoms. The summed E-state index contributed by atoms with van der Waals surface area (Å²) in [5.41, 5.74) is 1.81. The number of rotatable bonds is 5. The third-order valence-electron chi connectivity index (χ3n) is 5.96. The van der Waals surface area contributed by atoms with Crippen LogP contribution in [0.2, 0.25) is 0 Å². The van der Waals surface area contributed by atoms with Crippen LogP contribution in [0.5, 0.6) is 0 Å². The van der Waals surface area contributed by atoms with E-state index in [0.717, 1.165) is 37.1 Å². The number of amides is 2. The highest BCUT2D eigenvalue weighted by atomic mass is 35.5. The Morgan fingerprint density at radius 2 is 1.68 bits per heavy atom. The highest BCUT2D eigenvalue weighted by molar-refractivity contribution is 5.85. The second-order valence-corrected chi connectivity index (χ2v) is 7.74. The van der Waals surface area contributed by atoms with Crippen LogP contribution in [0.3, 0.4) is 0 Å². The van der Waals surface area contributed by atoms with Gasteiger partial charge >= 0.3 is 0 Å². The number of carbonyl (C=O) groups excluding carboxylic acids is 2. The summed E-state index contributed by atoms with van der Waals surface area (Å²) in [7, 11) is 1.67. The van der Waals surface area contributed by atoms with E-state index >= 15 is 0 Å². The lowest BCUT2D eigenvalue weighted by atomic mass is 9.78. The van der Waals surface area contributed by atoms with E-state index in [9.17, 15) is 9.59 Å². The van der Waals surface area contributed by atoms with Crippen LogP contribution in [0.15, 0.2) is 24.3 Å². The Morgan fingerprint density at radius 3 is 2.29 bits per heavy atom. The Kier molecular flexibility index (Phi) is 8.28. The fourth-order valence-electron chi connectivity index (χ4n) is 4.18. The van der Waals surface area contributed by atoms with Crippen LogP contribution in [0.1, 0.15) is 24.0 Å². The number of halogens is 1. The molecule has 0 bridgehead atoms. The molecule has 2 amide bonds. The zero-order chi connectivity index (χ0) is 19.3. The predicted octanol–water partition coefficient (Wildman–Crippen LogP) is 1.65. The van der Waals surface area contributed by atoms with Crippen LogP contribution in [-0.4, -0.2) is 74.6 Å².